The molecule has 4 N–H and O–H groups in total. The Bertz CT molecular complexity index is 327. The molecular formula is C7H13N5O2. The Hall–Kier alpha value is -1.63. The summed E-state index contributed by atoms with van der Waals surface area (Å²) in [6.45, 7) is 5.42. The Morgan fingerprint density at radius 3 is 2.64 bits per heavy atom. The lowest BCUT2D eigenvalue weighted by atomic mass is 10.2. The Kier molecular flexibility index (Phi) is 2.70. The molecule has 1 heterocycles. The van der Waals surface area contributed by atoms with Crippen molar-refractivity contribution in [3.8, 4) is 0 Å². The summed E-state index contributed by atoms with van der Waals surface area (Å²) in [4.78, 5) is 19.9. The van der Waals surface area contributed by atoms with Gasteiger partial charge in [-0.05, 0) is 20.8 Å². The fourth-order valence-electron chi connectivity index (χ4n) is 0.624. The van der Waals surface area contributed by atoms with Crippen LogP contribution in [0.5, 0.6) is 0 Å². The average molecular weight is 199 g/mol. The van der Waals surface area contributed by atoms with Crippen LogP contribution in [0.3, 0.4) is 0 Å². The number of hydrogen-bond donors (Lipinski definition) is 3. The SMILES string of the molecule is CC(C)(C)ONC(=O)c1nc(N)n[nH]1. The summed E-state index contributed by atoms with van der Waals surface area (Å²) in [5, 5.41) is 5.87. The molecule has 0 fully saturated rings. The highest BCUT2D eigenvalue weighted by atomic mass is 16.7. The number of hydrogen-bond acceptors (Lipinski definition) is 5. The molecular weight excluding hydrogens is 186 g/mol. The van der Waals surface area contributed by atoms with Crippen LogP contribution in [-0.2, 0) is 4.84 Å². The van der Waals surface area contributed by atoms with Crippen molar-refractivity contribution >= 4 is 11.9 Å². The van der Waals surface area contributed by atoms with Gasteiger partial charge in [0, 0.05) is 0 Å². The van der Waals surface area contributed by atoms with Crippen molar-refractivity contribution in [1.29, 1.82) is 0 Å². The minimum Gasteiger partial charge on any atom is -0.366 e. The van der Waals surface area contributed by atoms with E-state index < -0.39 is 11.5 Å². The van der Waals surface area contributed by atoms with Crippen LogP contribution in [0, 0.1) is 0 Å². The second-order valence-corrected chi connectivity index (χ2v) is 3.69. The van der Waals surface area contributed by atoms with Gasteiger partial charge in [-0.2, -0.15) is 4.98 Å². The summed E-state index contributed by atoms with van der Waals surface area (Å²) < 4.78 is 0. The number of nitrogens with two attached hydrogens (primary N) is 1. The molecule has 7 heteroatoms. The number of aromatic amines is 1. The Morgan fingerprint density at radius 1 is 1.57 bits per heavy atom. The number of hydroxylamine groups is 1. The van der Waals surface area contributed by atoms with Crippen molar-refractivity contribution in [2.24, 2.45) is 0 Å². The fraction of sp³-hybridized carbons (Fsp3) is 0.571. The molecule has 0 bridgehead atoms. The van der Waals surface area contributed by atoms with E-state index in [2.05, 4.69) is 20.7 Å². The summed E-state index contributed by atoms with van der Waals surface area (Å²) in [5.74, 6) is -0.471. The number of carbonyl (C=O) groups is 1. The van der Waals surface area contributed by atoms with E-state index in [0.29, 0.717) is 0 Å². The molecule has 0 atom stereocenters. The van der Waals surface area contributed by atoms with E-state index in [9.17, 15) is 4.79 Å². The molecule has 0 aliphatic heterocycles. The monoisotopic (exact) mass is 199 g/mol. The molecule has 78 valence electrons. The lowest BCUT2D eigenvalue weighted by Gasteiger charge is -2.18. The number of nitrogens with zero attached hydrogens (tertiary/aromatic N) is 2. The quantitative estimate of drug-likeness (QED) is 0.574. The molecule has 7 nitrogen and oxygen atoms in total. The standard InChI is InChI=1S/C7H13N5O2/c1-7(2,3)14-12-5(13)4-9-6(8)11-10-4/h1-3H3,(H,12,13)(H3,8,9,10,11). The minimum atomic E-state index is -0.510. The van der Waals surface area contributed by atoms with Gasteiger partial charge in [0.05, 0.1) is 5.60 Å². The molecule has 0 aliphatic carbocycles. The summed E-state index contributed by atoms with van der Waals surface area (Å²) >= 11 is 0. The van der Waals surface area contributed by atoms with Crippen molar-refractivity contribution in [2.75, 3.05) is 5.73 Å². The number of H-pyrrole nitrogens is 1. The van der Waals surface area contributed by atoms with E-state index >= 15 is 0 Å². The number of nitrogen functional groups attached to an aromatic ring is 1. The highest BCUT2D eigenvalue weighted by molar-refractivity contribution is 5.89. The highest BCUT2D eigenvalue weighted by Gasteiger charge is 2.15. The Morgan fingerprint density at radius 2 is 2.21 bits per heavy atom. The van der Waals surface area contributed by atoms with E-state index in [1.54, 1.807) is 0 Å². The topological polar surface area (TPSA) is 106 Å². The van der Waals surface area contributed by atoms with E-state index in [-0.39, 0.29) is 11.8 Å². The van der Waals surface area contributed by atoms with Gasteiger partial charge in [0.15, 0.2) is 0 Å². The van der Waals surface area contributed by atoms with E-state index in [1.807, 2.05) is 20.8 Å². The van der Waals surface area contributed by atoms with Gasteiger partial charge in [-0.25, -0.2) is 5.48 Å². The second-order valence-electron chi connectivity index (χ2n) is 3.69. The third-order valence-electron chi connectivity index (χ3n) is 1.17. The molecule has 14 heavy (non-hydrogen) atoms. The van der Waals surface area contributed by atoms with Crippen LogP contribution < -0.4 is 11.2 Å². The first-order valence-electron chi connectivity index (χ1n) is 4.05. The summed E-state index contributed by atoms with van der Waals surface area (Å²) in [7, 11) is 0. The number of rotatable bonds is 2. The molecule has 1 aromatic heterocycles. The van der Waals surface area contributed by atoms with Gasteiger partial charge in [0.2, 0.25) is 11.8 Å². The molecule has 0 radical (unpaired) electrons. The van der Waals surface area contributed by atoms with Crippen molar-refractivity contribution in [3.05, 3.63) is 5.82 Å². The number of amides is 1. The van der Waals surface area contributed by atoms with Gasteiger partial charge in [-0.15, -0.1) is 5.10 Å². The normalized spacial score (nSPS) is 11.4. The van der Waals surface area contributed by atoms with Gasteiger partial charge >= 0.3 is 5.91 Å². The third kappa shape index (κ3) is 3.02. The molecule has 0 aliphatic rings. The van der Waals surface area contributed by atoms with Gasteiger partial charge < -0.3 is 5.73 Å². The second kappa shape index (κ2) is 3.62. The Labute approximate surface area is 81.0 Å². The van der Waals surface area contributed by atoms with Crippen LogP contribution in [0.1, 0.15) is 31.4 Å². The van der Waals surface area contributed by atoms with E-state index in [1.165, 1.54) is 0 Å². The molecule has 0 saturated carbocycles. The summed E-state index contributed by atoms with van der Waals surface area (Å²) in [6.07, 6.45) is 0. The zero-order valence-corrected chi connectivity index (χ0v) is 8.29. The number of aromatic nitrogens is 3. The first kappa shape index (κ1) is 10.5. The van der Waals surface area contributed by atoms with E-state index in [0.717, 1.165) is 0 Å². The lowest BCUT2D eigenvalue weighted by Crippen LogP contribution is -2.34. The van der Waals surface area contributed by atoms with Crippen LogP contribution in [0.2, 0.25) is 0 Å². The zero-order valence-electron chi connectivity index (χ0n) is 8.29. The van der Waals surface area contributed by atoms with E-state index in [4.69, 9.17) is 10.6 Å². The zero-order chi connectivity index (χ0) is 10.8. The van der Waals surface area contributed by atoms with Gasteiger partial charge in [0.1, 0.15) is 0 Å². The van der Waals surface area contributed by atoms with Gasteiger partial charge in [-0.3, -0.25) is 14.7 Å². The molecule has 1 aromatic rings. The molecule has 0 aromatic carbocycles. The molecule has 0 spiro atoms. The predicted octanol–water partition coefficient (Wildman–Crippen LogP) is -0.153. The van der Waals surface area contributed by atoms with Gasteiger partial charge in [0.25, 0.3) is 0 Å². The summed E-state index contributed by atoms with van der Waals surface area (Å²) in [6, 6.07) is 0. The highest BCUT2D eigenvalue weighted by Crippen LogP contribution is 2.04. The van der Waals surface area contributed by atoms with Crippen molar-refractivity contribution in [3.63, 3.8) is 0 Å². The lowest BCUT2D eigenvalue weighted by molar-refractivity contribution is -0.0593. The van der Waals surface area contributed by atoms with Crippen LogP contribution in [-0.4, -0.2) is 26.7 Å². The third-order valence-corrected chi connectivity index (χ3v) is 1.17. The minimum absolute atomic E-state index is 0.0194. The maximum atomic E-state index is 11.3. The Balaban J connectivity index is 2.52. The van der Waals surface area contributed by atoms with Crippen molar-refractivity contribution in [1.82, 2.24) is 20.7 Å². The average Bonchev–Trinajstić information content (AvgIpc) is 2.46. The molecule has 0 unspecified atom stereocenters. The van der Waals surface area contributed by atoms with Crippen LogP contribution >= 0.6 is 0 Å². The number of anilines is 1. The first-order chi connectivity index (χ1) is 6.38. The number of carbonyl (C=O) groups excluding carboxylic acids is 1. The molecule has 0 saturated heterocycles. The van der Waals surface area contributed by atoms with Crippen LogP contribution in [0.4, 0.5) is 5.95 Å². The van der Waals surface area contributed by atoms with Crippen molar-refractivity contribution in [2.45, 2.75) is 26.4 Å². The largest absolute Gasteiger partial charge is 0.366 e. The maximum Gasteiger partial charge on any atom is 0.312 e. The smallest absolute Gasteiger partial charge is 0.312 e. The molecule has 1 amide bonds. The molecule has 1 rings (SSSR count). The predicted molar refractivity (Wildman–Crippen MR) is 49.1 cm³/mol. The van der Waals surface area contributed by atoms with Crippen LogP contribution in [0.15, 0.2) is 0 Å². The number of nitrogens with one attached hydrogen (secondary N) is 2. The van der Waals surface area contributed by atoms with Gasteiger partial charge in [-0.1, -0.05) is 0 Å². The maximum absolute atomic E-state index is 11.3. The summed E-state index contributed by atoms with van der Waals surface area (Å²) in [5.41, 5.74) is 6.99. The van der Waals surface area contributed by atoms with Crippen LogP contribution in [0.25, 0.3) is 0 Å². The fourth-order valence-corrected chi connectivity index (χ4v) is 0.624. The first-order valence-corrected chi connectivity index (χ1v) is 4.05. The van der Waals surface area contributed by atoms with Crippen molar-refractivity contribution < 1.29 is 9.63 Å².